The molecule has 2 aliphatic heterocycles. The number of hydrogen-bond acceptors (Lipinski definition) is 8. The Morgan fingerprint density at radius 3 is 2.55 bits per heavy atom. The molecule has 1 N–H and O–H groups in total. The third kappa shape index (κ3) is 3.88. The Kier molecular flexibility index (Phi) is 5.99. The van der Waals surface area contributed by atoms with Gasteiger partial charge in [0.05, 0.1) is 19.9 Å². The van der Waals surface area contributed by atoms with Crippen LogP contribution in [0.3, 0.4) is 0 Å². The highest BCUT2D eigenvalue weighted by atomic mass is 16.5. The monoisotopic (exact) mass is 451 g/mol. The van der Waals surface area contributed by atoms with E-state index in [9.17, 15) is 14.4 Å². The van der Waals surface area contributed by atoms with Crippen LogP contribution in [0.2, 0.25) is 0 Å². The van der Waals surface area contributed by atoms with Gasteiger partial charge in [0.25, 0.3) is 11.8 Å². The number of aryl methyl sites for hydroxylation is 2. The van der Waals surface area contributed by atoms with Gasteiger partial charge in [-0.2, -0.15) is 5.11 Å². The number of ether oxygens (including phenoxy) is 2. The molecule has 2 heterocycles. The fourth-order valence-corrected chi connectivity index (χ4v) is 4.10. The Hall–Kier alpha value is -3.95. The Morgan fingerprint density at radius 1 is 1.09 bits per heavy atom. The normalized spacial score (nSPS) is 19.2. The van der Waals surface area contributed by atoms with Crippen molar-refractivity contribution < 1.29 is 23.9 Å². The number of carbonyl (C=O) groups is 3. The van der Waals surface area contributed by atoms with Crippen molar-refractivity contribution in [1.29, 1.82) is 0 Å². The quantitative estimate of drug-likeness (QED) is 0.647. The number of nitrogens with zero attached hydrogens (tertiary/aromatic N) is 4. The molecule has 3 amide bonds. The molecular formula is C23H25N5O5. The number of benzene rings is 2. The molecule has 10 heteroatoms. The molecule has 10 nitrogen and oxygen atoms in total. The summed E-state index contributed by atoms with van der Waals surface area (Å²) in [7, 11) is 2.97. The van der Waals surface area contributed by atoms with Gasteiger partial charge in [0.1, 0.15) is 6.54 Å². The molecule has 1 saturated heterocycles. The Labute approximate surface area is 191 Å². The lowest BCUT2D eigenvalue weighted by Gasteiger charge is -2.21. The molecule has 2 aromatic rings. The highest BCUT2D eigenvalue weighted by molar-refractivity contribution is 6.25. The second-order valence-corrected chi connectivity index (χ2v) is 7.75. The zero-order chi connectivity index (χ0) is 23.7. The predicted octanol–water partition coefficient (Wildman–Crippen LogP) is 2.51. The van der Waals surface area contributed by atoms with Crippen LogP contribution in [0.4, 0.5) is 11.4 Å². The number of anilines is 2. The topological polar surface area (TPSA) is 113 Å². The van der Waals surface area contributed by atoms with Gasteiger partial charge in [0, 0.05) is 11.8 Å². The van der Waals surface area contributed by atoms with Crippen molar-refractivity contribution in [3.05, 3.63) is 47.5 Å². The Morgan fingerprint density at radius 2 is 1.85 bits per heavy atom. The highest BCUT2D eigenvalue weighted by Crippen LogP contribution is 2.36. The van der Waals surface area contributed by atoms with Crippen LogP contribution in [0.15, 0.2) is 46.7 Å². The van der Waals surface area contributed by atoms with Gasteiger partial charge in [-0.3, -0.25) is 19.4 Å². The maximum absolute atomic E-state index is 13.2. The van der Waals surface area contributed by atoms with E-state index in [4.69, 9.17) is 9.47 Å². The fourth-order valence-electron chi connectivity index (χ4n) is 4.10. The van der Waals surface area contributed by atoms with E-state index in [-0.39, 0.29) is 12.5 Å². The van der Waals surface area contributed by atoms with Crippen LogP contribution in [0.25, 0.3) is 0 Å². The molecule has 2 aliphatic rings. The molecule has 0 spiro atoms. The van der Waals surface area contributed by atoms with Gasteiger partial charge in [-0.25, -0.2) is 4.90 Å². The minimum absolute atomic E-state index is 0.207. The van der Waals surface area contributed by atoms with Crippen LogP contribution in [0.1, 0.15) is 18.1 Å². The lowest BCUT2D eigenvalue weighted by molar-refractivity contribution is -0.123. The molecule has 0 radical (unpaired) electrons. The summed E-state index contributed by atoms with van der Waals surface area (Å²) in [6.45, 7) is 3.72. The molecular weight excluding hydrogens is 426 g/mol. The number of rotatable bonds is 7. The van der Waals surface area contributed by atoms with Crippen LogP contribution in [0.5, 0.6) is 11.5 Å². The third-order valence-electron chi connectivity index (χ3n) is 5.79. The number of hydrogen-bond donors (Lipinski definition) is 1. The first-order valence-electron chi connectivity index (χ1n) is 10.5. The number of fused-ring (bicyclic) bond motifs is 1. The first-order valence-corrected chi connectivity index (χ1v) is 10.5. The summed E-state index contributed by atoms with van der Waals surface area (Å²) in [5.41, 5.74) is 3.04. The van der Waals surface area contributed by atoms with E-state index in [0.717, 1.165) is 28.1 Å². The molecule has 33 heavy (non-hydrogen) atoms. The van der Waals surface area contributed by atoms with E-state index < -0.39 is 23.9 Å². The average molecular weight is 451 g/mol. The number of amides is 3. The van der Waals surface area contributed by atoms with Gasteiger partial charge in [-0.05, 0) is 36.6 Å². The lowest BCUT2D eigenvalue weighted by atomic mass is 10.1. The van der Waals surface area contributed by atoms with Crippen molar-refractivity contribution in [3.63, 3.8) is 0 Å². The molecule has 0 aromatic heterocycles. The van der Waals surface area contributed by atoms with Crippen molar-refractivity contribution >= 4 is 29.1 Å². The molecule has 2 unspecified atom stereocenters. The van der Waals surface area contributed by atoms with Crippen molar-refractivity contribution in [2.75, 3.05) is 31.0 Å². The number of carbonyl (C=O) groups excluding carboxylic acids is 3. The average Bonchev–Trinajstić information content (AvgIpc) is 3.33. The predicted molar refractivity (Wildman–Crippen MR) is 120 cm³/mol. The fraction of sp³-hybridized carbons (Fsp3) is 0.348. The summed E-state index contributed by atoms with van der Waals surface area (Å²) in [4.78, 5) is 40.0. The van der Waals surface area contributed by atoms with Crippen LogP contribution in [0, 0.1) is 6.92 Å². The minimum Gasteiger partial charge on any atom is -0.493 e. The van der Waals surface area contributed by atoms with E-state index in [0.29, 0.717) is 17.2 Å². The highest BCUT2D eigenvalue weighted by Gasteiger charge is 2.55. The van der Waals surface area contributed by atoms with Crippen LogP contribution in [-0.4, -0.2) is 55.6 Å². The van der Waals surface area contributed by atoms with Gasteiger partial charge in [0.15, 0.2) is 23.6 Å². The summed E-state index contributed by atoms with van der Waals surface area (Å²) in [6.07, 6.45) is 0.763. The van der Waals surface area contributed by atoms with E-state index in [2.05, 4.69) is 15.7 Å². The zero-order valence-electron chi connectivity index (χ0n) is 18.9. The molecule has 4 rings (SSSR count). The molecule has 172 valence electrons. The zero-order valence-corrected chi connectivity index (χ0v) is 18.9. The first kappa shape index (κ1) is 22.3. The smallest absolute Gasteiger partial charge is 0.263 e. The minimum atomic E-state index is -0.997. The van der Waals surface area contributed by atoms with Crippen molar-refractivity contribution in [3.8, 4) is 11.5 Å². The van der Waals surface area contributed by atoms with Crippen molar-refractivity contribution in [2.45, 2.75) is 32.4 Å². The molecule has 2 aromatic carbocycles. The van der Waals surface area contributed by atoms with Crippen LogP contribution < -0.4 is 19.7 Å². The lowest BCUT2D eigenvalue weighted by Crippen LogP contribution is -2.43. The van der Waals surface area contributed by atoms with Gasteiger partial charge >= 0.3 is 0 Å². The van der Waals surface area contributed by atoms with E-state index in [1.54, 1.807) is 18.2 Å². The largest absolute Gasteiger partial charge is 0.493 e. The van der Waals surface area contributed by atoms with Crippen LogP contribution in [-0.2, 0) is 20.8 Å². The summed E-state index contributed by atoms with van der Waals surface area (Å²) in [6, 6.07) is 8.60. The molecule has 0 saturated carbocycles. The number of methoxy groups -OCH3 is 2. The van der Waals surface area contributed by atoms with Gasteiger partial charge in [-0.15, -0.1) is 0 Å². The molecule has 0 bridgehead atoms. The maximum Gasteiger partial charge on any atom is 0.263 e. The maximum atomic E-state index is 13.2. The number of nitrogens with one attached hydrogen (secondary N) is 1. The van der Waals surface area contributed by atoms with Gasteiger partial charge in [0.2, 0.25) is 5.91 Å². The molecule has 1 fully saturated rings. The second kappa shape index (κ2) is 8.89. The van der Waals surface area contributed by atoms with Crippen molar-refractivity contribution in [2.24, 2.45) is 10.3 Å². The Balaban J connectivity index is 1.52. The molecule has 0 aliphatic carbocycles. The van der Waals surface area contributed by atoms with E-state index in [1.165, 1.54) is 19.2 Å². The summed E-state index contributed by atoms with van der Waals surface area (Å²) in [5.74, 6) is -0.490. The number of imide groups is 1. The van der Waals surface area contributed by atoms with Crippen molar-refractivity contribution in [1.82, 2.24) is 5.01 Å². The Bertz CT molecular complexity index is 1150. The first-order chi connectivity index (χ1) is 15.9. The number of para-hydroxylation sites is 1. The second-order valence-electron chi connectivity index (χ2n) is 7.75. The third-order valence-corrected chi connectivity index (χ3v) is 5.79. The standard InChI is InChI=1S/C23H25N5O5/c1-5-14-8-6-7-13(2)19(14)24-18(29)12-27-21-20(25-26-27)22(30)28(23(21)31)15-9-10-16(32-3)17(11-15)33-4/h6-11,20-21H,5,12H2,1-4H3,(H,24,29). The van der Waals surface area contributed by atoms with E-state index >= 15 is 0 Å². The summed E-state index contributed by atoms with van der Waals surface area (Å²) >= 11 is 0. The van der Waals surface area contributed by atoms with Gasteiger partial charge in [-0.1, -0.05) is 30.3 Å². The van der Waals surface area contributed by atoms with E-state index in [1.807, 2.05) is 32.0 Å². The van der Waals surface area contributed by atoms with Crippen LogP contribution >= 0.6 is 0 Å². The van der Waals surface area contributed by atoms with Gasteiger partial charge < -0.3 is 14.8 Å². The summed E-state index contributed by atoms with van der Waals surface area (Å²) in [5, 5.41) is 12.1. The SMILES string of the molecule is CCc1cccc(C)c1NC(=O)CN1N=NC2C(=O)N(c3ccc(OC)c(OC)c3)C(=O)C21. The summed E-state index contributed by atoms with van der Waals surface area (Å²) < 4.78 is 10.5. The molecule has 2 atom stereocenters.